The van der Waals surface area contributed by atoms with E-state index >= 15 is 0 Å². The van der Waals surface area contributed by atoms with Gasteiger partial charge in [-0.2, -0.15) is 0 Å². The van der Waals surface area contributed by atoms with Crippen molar-refractivity contribution in [3.05, 3.63) is 29.3 Å². The van der Waals surface area contributed by atoms with Crippen LogP contribution in [-0.4, -0.2) is 30.2 Å². The van der Waals surface area contributed by atoms with Crippen molar-refractivity contribution >= 4 is 5.69 Å². The normalized spacial score (nSPS) is 27.2. The fourth-order valence-electron chi connectivity index (χ4n) is 3.65. The lowest BCUT2D eigenvalue weighted by atomic mass is 9.93. The van der Waals surface area contributed by atoms with Crippen molar-refractivity contribution in [3.8, 4) is 0 Å². The molecule has 2 heterocycles. The molecule has 0 amide bonds. The van der Waals surface area contributed by atoms with Crippen molar-refractivity contribution in [2.45, 2.75) is 57.7 Å². The molecule has 0 saturated carbocycles. The Morgan fingerprint density at radius 1 is 1.40 bits per heavy atom. The van der Waals surface area contributed by atoms with Crippen LogP contribution in [0.4, 0.5) is 5.69 Å². The average molecular weight is 274 g/mol. The van der Waals surface area contributed by atoms with E-state index < -0.39 is 0 Å². The van der Waals surface area contributed by atoms with Gasteiger partial charge in [-0.15, -0.1) is 0 Å². The number of hydrogen-bond donors (Lipinski definition) is 1. The van der Waals surface area contributed by atoms with E-state index in [0.717, 1.165) is 25.3 Å². The van der Waals surface area contributed by atoms with Crippen molar-refractivity contribution in [2.75, 3.05) is 18.9 Å². The van der Waals surface area contributed by atoms with Gasteiger partial charge in [-0.3, -0.25) is 4.90 Å². The molecule has 3 nitrogen and oxygen atoms in total. The molecule has 1 fully saturated rings. The van der Waals surface area contributed by atoms with Gasteiger partial charge in [0.25, 0.3) is 0 Å². The Morgan fingerprint density at radius 3 is 3.15 bits per heavy atom. The molecule has 1 saturated heterocycles. The van der Waals surface area contributed by atoms with Crippen molar-refractivity contribution in [2.24, 2.45) is 0 Å². The van der Waals surface area contributed by atoms with Crippen LogP contribution >= 0.6 is 0 Å². The first kappa shape index (κ1) is 13.9. The smallest absolute Gasteiger partial charge is 0.0590 e. The number of ether oxygens (including phenoxy) is 1. The Hall–Kier alpha value is -1.06. The molecule has 0 spiro atoms. The summed E-state index contributed by atoms with van der Waals surface area (Å²) in [5.74, 6) is 0. The third-order valence-electron chi connectivity index (χ3n) is 4.81. The quantitative estimate of drug-likeness (QED) is 0.861. The first-order chi connectivity index (χ1) is 9.78. The summed E-state index contributed by atoms with van der Waals surface area (Å²) in [5.41, 5.74) is 9.92. The van der Waals surface area contributed by atoms with Gasteiger partial charge in [0, 0.05) is 31.4 Å². The van der Waals surface area contributed by atoms with Crippen LogP contribution < -0.4 is 5.73 Å². The minimum atomic E-state index is 0.466. The molecule has 0 radical (unpaired) electrons. The highest BCUT2D eigenvalue weighted by Gasteiger charge is 2.29. The van der Waals surface area contributed by atoms with Crippen LogP contribution in [0.15, 0.2) is 18.2 Å². The lowest BCUT2D eigenvalue weighted by Gasteiger charge is -2.40. The molecule has 1 aromatic carbocycles. The van der Waals surface area contributed by atoms with Crippen molar-refractivity contribution in [3.63, 3.8) is 0 Å². The minimum Gasteiger partial charge on any atom is -0.398 e. The highest BCUT2D eigenvalue weighted by atomic mass is 16.5. The number of nitrogens with two attached hydrogens (primary N) is 1. The second-order valence-electron chi connectivity index (χ2n) is 6.17. The Kier molecular flexibility index (Phi) is 4.27. The van der Waals surface area contributed by atoms with E-state index in [2.05, 4.69) is 24.0 Å². The predicted molar refractivity (Wildman–Crippen MR) is 82.6 cm³/mol. The van der Waals surface area contributed by atoms with Crippen molar-refractivity contribution < 1.29 is 4.74 Å². The predicted octanol–water partition coefficient (Wildman–Crippen LogP) is 2.97. The third kappa shape index (κ3) is 2.84. The van der Waals surface area contributed by atoms with E-state index in [4.69, 9.17) is 10.5 Å². The summed E-state index contributed by atoms with van der Waals surface area (Å²) >= 11 is 0. The molecule has 3 rings (SSSR count). The zero-order valence-electron chi connectivity index (χ0n) is 12.5. The van der Waals surface area contributed by atoms with Gasteiger partial charge in [0.2, 0.25) is 0 Å². The molecule has 0 aliphatic carbocycles. The number of anilines is 1. The summed E-state index contributed by atoms with van der Waals surface area (Å²) in [7, 11) is 0. The summed E-state index contributed by atoms with van der Waals surface area (Å²) in [6, 6.07) is 7.02. The summed E-state index contributed by atoms with van der Waals surface area (Å²) in [4.78, 5) is 2.63. The van der Waals surface area contributed by atoms with E-state index in [0.29, 0.717) is 12.1 Å². The Labute approximate surface area is 122 Å². The summed E-state index contributed by atoms with van der Waals surface area (Å²) in [6.07, 6.45) is 6.37. The molecule has 1 aromatic rings. The molecule has 2 unspecified atom stereocenters. The highest BCUT2D eigenvalue weighted by molar-refractivity contribution is 5.51. The molecular formula is C17H26N2O. The van der Waals surface area contributed by atoms with Crippen molar-refractivity contribution in [1.82, 2.24) is 4.90 Å². The van der Waals surface area contributed by atoms with Crippen LogP contribution in [0.2, 0.25) is 0 Å². The number of rotatable bonds is 3. The third-order valence-corrected chi connectivity index (χ3v) is 4.81. The number of nitrogen functional groups attached to an aromatic ring is 1. The maximum atomic E-state index is 6.16. The van der Waals surface area contributed by atoms with Gasteiger partial charge in [0.05, 0.1) is 6.10 Å². The van der Waals surface area contributed by atoms with E-state index in [9.17, 15) is 0 Å². The van der Waals surface area contributed by atoms with Crippen LogP contribution in [0.3, 0.4) is 0 Å². The molecule has 2 N–H and O–H groups in total. The first-order valence-corrected chi connectivity index (χ1v) is 7.99. The molecule has 2 atom stereocenters. The van der Waals surface area contributed by atoms with Crippen LogP contribution in [0.5, 0.6) is 0 Å². The SMILES string of the molecule is CCCC1CC(N2CCc3cccc(N)c3C2)CCO1. The molecule has 0 aromatic heterocycles. The molecule has 2 aliphatic rings. The van der Waals surface area contributed by atoms with Gasteiger partial charge in [-0.25, -0.2) is 0 Å². The fourth-order valence-corrected chi connectivity index (χ4v) is 3.65. The zero-order valence-corrected chi connectivity index (χ0v) is 12.5. The number of benzene rings is 1. The molecular weight excluding hydrogens is 248 g/mol. The largest absolute Gasteiger partial charge is 0.398 e. The molecule has 0 bridgehead atoms. The number of nitrogens with zero attached hydrogens (tertiary/aromatic N) is 1. The monoisotopic (exact) mass is 274 g/mol. The summed E-state index contributed by atoms with van der Waals surface area (Å²) in [6.45, 7) is 5.35. The van der Waals surface area contributed by atoms with Crippen LogP contribution in [0, 0.1) is 0 Å². The van der Waals surface area contributed by atoms with E-state index in [1.54, 1.807) is 0 Å². The summed E-state index contributed by atoms with van der Waals surface area (Å²) in [5, 5.41) is 0. The van der Waals surface area contributed by atoms with E-state index in [1.165, 1.54) is 43.4 Å². The summed E-state index contributed by atoms with van der Waals surface area (Å²) < 4.78 is 5.88. The van der Waals surface area contributed by atoms with Crippen LogP contribution in [0.1, 0.15) is 43.7 Å². The van der Waals surface area contributed by atoms with Gasteiger partial charge < -0.3 is 10.5 Å². The molecule has 2 aliphatic heterocycles. The van der Waals surface area contributed by atoms with Gasteiger partial charge in [0.15, 0.2) is 0 Å². The average Bonchev–Trinajstić information content (AvgIpc) is 2.48. The van der Waals surface area contributed by atoms with Crippen LogP contribution in [-0.2, 0) is 17.7 Å². The Balaban J connectivity index is 1.68. The number of fused-ring (bicyclic) bond motifs is 1. The van der Waals surface area contributed by atoms with Crippen molar-refractivity contribution in [1.29, 1.82) is 0 Å². The number of hydrogen-bond acceptors (Lipinski definition) is 3. The van der Waals surface area contributed by atoms with Gasteiger partial charge in [-0.05, 0) is 42.9 Å². The molecule has 110 valence electrons. The minimum absolute atomic E-state index is 0.466. The van der Waals surface area contributed by atoms with Crippen LogP contribution in [0.25, 0.3) is 0 Å². The topological polar surface area (TPSA) is 38.5 Å². The first-order valence-electron chi connectivity index (χ1n) is 7.99. The fraction of sp³-hybridized carbons (Fsp3) is 0.647. The zero-order chi connectivity index (χ0) is 13.9. The van der Waals surface area contributed by atoms with Gasteiger partial charge >= 0.3 is 0 Å². The second-order valence-corrected chi connectivity index (χ2v) is 6.17. The Morgan fingerprint density at radius 2 is 2.30 bits per heavy atom. The van der Waals surface area contributed by atoms with E-state index in [-0.39, 0.29) is 0 Å². The van der Waals surface area contributed by atoms with E-state index in [1.807, 2.05) is 6.07 Å². The van der Waals surface area contributed by atoms with Gasteiger partial charge in [-0.1, -0.05) is 25.5 Å². The lowest BCUT2D eigenvalue weighted by molar-refractivity contribution is -0.0336. The molecule has 20 heavy (non-hydrogen) atoms. The Bertz CT molecular complexity index is 458. The lowest BCUT2D eigenvalue weighted by Crippen LogP contribution is -2.44. The molecule has 3 heteroatoms. The second kappa shape index (κ2) is 6.15. The van der Waals surface area contributed by atoms with Gasteiger partial charge in [0.1, 0.15) is 0 Å². The maximum absolute atomic E-state index is 6.16. The maximum Gasteiger partial charge on any atom is 0.0590 e. The highest BCUT2D eigenvalue weighted by Crippen LogP contribution is 2.29. The standard InChI is InChI=1S/C17H26N2O/c1-2-4-15-11-14(8-10-20-15)19-9-7-13-5-3-6-17(18)16(13)12-19/h3,5-6,14-15H,2,4,7-12,18H2,1H3.